The maximum Gasteiger partial charge on any atom is 0.314 e. The van der Waals surface area contributed by atoms with Crippen LogP contribution >= 0.6 is 0 Å². The number of carboxylic acid groups (broad SMARTS) is 1. The Morgan fingerprint density at radius 1 is 1.21 bits per heavy atom. The van der Waals surface area contributed by atoms with Gasteiger partial charge in [-0.05, 0) is 48.7 Å². The van der Waals surface area contributed by atoms with E-state index >= 15 is 0 Å². The summed E-state index contributed by atoms with van der Waals surface area (Å²) >= 11 is 0. The van der Waals surface area contributed by atoms with Crippen LogP contribution in [0.1, 0.15) is 18.1 Å². The Kier molecular flexibility index (Phi) is 3.60. The Labute approximate surface area is 110 Å². The number of benzene rings is 1. The molecule has 19 heavy (non-hydrogen) atoms. The molecule has 2 rings (SSSR count). The lowest BCUT2D eigenvalue weighted by molar-refractivity contribution is -0.143. The van der Waals surface area contributed by atoms with Crippen molar-refractivity contribution in [2.24, 2.45) is 0 Å². The van der Waals surface area contributed by atoms with Gasteiger partial charge in [-0.3, -0.25) is 9.78 Å². The average molecular weight is 259 g/mol. The first kappa shape index (κ1) is 13.2. The van der Waals surface area contributed by atoms with Gasteiger partial charge in [0.2, 0.25) is 0 Å². The van der Waals surface area contributed by atoms with E-state index in [2.05, 4.69) is 4.98 Å². The highest BCUT2D eigenvalue weighted by atomic mass is 19.1. The molecule has 3 nitrogen and oxygen atoms in total. The second-order valence-corrected chi connectivity index (χ2v) is 4.68. The highest BCUT2D eigenvalue weighted by Crippen LogP contribution is 2.28. The zero-order valence-electron chi connectivity index (χ0n) is 10.5. The number of rotatable bonds is 4. The molecule has 0 aliphatic rings. The molecule has 1 aromatic heterocycles. The van der Waals surface area contributed by atoms with Crippen LogP contribution in [0.25, 0.3) is 0 Å². The monoisotopic (exact) mass is 259 g/mol. The zero-order chi connectivity index (χ0) is 13.9. The molecule has 1 unspecified atom stereocenters. The molecule has 0 amide bonds. The minimum atomic E-state index is -1.09. The number of nitrogens with zero attached hydrogens (tertiary/aromatic N) is 1. The van der Waals surface area contributed by atoms with Crippen LogP contribution in [0, 0.1) is 5.82 Å². The van der Waals surface area contributed by atoms with E-state index in [1.807, 2.05) is 0 Å². The quantitative estimate of drug-likeness (QED) is 0.918. The molecule has 98 valence electrons. The molecule has 1 heterocycles. The molecule has 1 aromatic carbocycles. The molecule has 0 aliphatic heterocycles. The van der Waals surface area contributed by atoms with Crippen LogP contribution in [0.15, 0.2) is 48.8 Å². The van der Waals surface area contributed by atoms with Gasteiger partial charge in [-0.15, -0.1) is 0 Å². The van der Waals surface area contributed by atoms with Crippen LogP contribution in [0.4, 0.5) is 4.39 Å². The van der Waals surface area contributed by atoms with Gasteiger partial charge in [0.1, 0.15) is 5.82 Å². The Morgan fingerprint density at radius 2 is 1.79 bits per heavy atom. The summed E-state index contributed by atoms with van der Waals surface area (Å²) < 4.78 is 12.9. The predicted molar refractivity (Wildman–Crippen MR) is 69.3 cm³/mol. The van der Waals surface area contributed by atoms with Gasteiger partial charge in [-0.2, -0.15) is 0 Å². The summed E-state index contributed by atoms with van der Waals surface area (Å²) in [5.41, 5.74) is 0.372. The number of pyridine rings is 1. The van der Waals surface area contributed by atoms with Crippen molar-refractivity contribution in [1.82, 2.24) is 4.98 Å². The Morgan fingerprint density at radius 3 is 2.32 bits per heavy atom. The fourth-order valence-corrected chi connectivity index (χ4v) is 2.03. The minimum Gasteiger partial charge on any atom is -0.481 e. The van der Waals surface area contributed by atoms with Gasteiger partial charge < -0.3 is 5.11 Å². The van der Waals surface area contributed by atoms with Crippen molar-refractivity contribution in [3.05, 3.63) is 65.7 Å². The van der Waals surface area contributed by atoms with Gasteiger partial charge in [0.15, 0.2) is 0 Å². The Balaban J connectivity index is 2.38. The standard InChI is InChI=1S/C15H14FNO2/c1-15(14(18)19,10-11-6-8-17-9-7-11)12-2-4-13(16)5-3-12/h2-9H,10H2,1H3,(H,18,19). The number of carbonyl (C=O) groups is 1. The van der Waals surface area contributed by atoms with Crippen molar-refractivity contribution in [2.75, 3.05) is 0 Å². The molecule has 2 aromatic rings. The lowest BCUT2D eigenvalue weighted by Gasteiger charge is -2.25. The molecule has 1 atom stereocenters. The van der Waals surface area contributed by atoms with Crippen molar-refractivity contribution < 1.29 is 14.3 Å². The molecule has 0 radical (unpaired) electrons. The molecule has 0 fully saturated rings. The van der Waals surface area contributed by atoms with Crippen molar-refractivity contribution in [1.29, 1.82) is 0 Å². The summed E-state index contributed by atoms with van der Waals surface area (Å²) in [7, 11) is 0. The number of aromatic nitrogens is 1. The molecule has 1 N–H and O–H groups in total. The van der Waals surface area contributed by atoms with Crippen molar-refractivity contribution in [3.63, 3.8) is 0 Å². The van der Waals surface area contributed by atoms with Crippen LogP contribution in [0.3, 0.4) is 0 Å². The lowest BCUT2D eigenvalue weighted by Crippen LogP contribution is -2.34. The fourth-order valence-electron chi connectivity index (χ4n) is 2.03. The van der Waals surface area contributed by atoms with E-state index in [-0.39, 0.29) is 5.82 Å². The van der Waals surface area contributed by atoms with Crippen molar-refractivity contribution in [2.45, 2.75) is 18.8 Å². The second-order valence-electron chi connectivity index (χ2n) is 4.68. The van der Waals surface area contributed by atoms with Crippen molar-refractivity contribution in [3.8, 4) is 0 Å². The zero-order valence-corrected chi connectivity index (χ0v) is 10.5. The highest BCUT2D eigenvalue weighted by Gasteiger charge is 2.35. The topological polar surface area (TPSA) is 50.2 Å². The summed E-state index contributed by atoms with van der Waals surface area (Å²) in [6, 6.07) is 9.16. The first-order chi connectivity index (χ1) is 9.02. The third-order valence-corrected chi connectivity index (χ3v) is 3.26. The maximum atomic E-state index is 12.9. The third-order valence-electron chi connectivity index (χ3n) is 3.26. The number of hydrogen-bond acceptors (Lipinski definition) is 2. The van der Waals surface area contributed by atoms with Crippen LogP contribution < -0.4 is 0 Å². The average Bonchev–Trinajstić information content (AvgIpc) is 2.40. The van der Waals surface area contributed by atoms with E-state index < -0.39 is 11.4 Å². The SMILES string of the molecule is CC(Cc1ccncc1)(C(=O)O)c1ccc(F)cc1. The molecular formula is C15H14FNO2. The van der Waals surface area contributed by atoms with Gasteiger partial charge in [0, 0.05) is 12.4 Å². The van der Waals surface area contributed by atoms with Gasteiger partial charge in [0.25, 0.3) is 0 Å². The van der Waals surface area contributed by atoms with Crippen LogP contribution in [0.2, 0.25) is 0 Å². The van der Waals surface area contributed by atoms with Crippen LogP contribution in [-0.2, 0) is 16.6 Å². The fraction of sp³-hybridized carbons (Fsp3) is 0.200. The van der Waals surface area contributed by atoms with Gasteiger partial charge in [0.05, 0.1) is 5.41 Å². The van der Waals surface area contributed by atoms with Gasteiger partial charge in [-0.1, -0.05) is 12.1 Å². The smallest absolute Gasteiger partial charge is 0.314 e. The Hall–Kier alpha value is -2.23. The second kappa shape index (κ2) is 5.18. The molecule has 0 saturated carbocycles. The normalized spacial score (nSPS) is 13.8. The first-order valence-electron chi connectivity index (χ1n) is 5.91. The highest BCUT2D eigenvalue weighted by molar-refractivity contribution is 5.81. The first-order valence-corrected chi connectivity index (χ1v) is 5.91. The maximum absolute atomic E-state index is 12.9. The molecule has 0 saturated heterocycles. The van der Waals surface area contributed by atoms with Gasteiger partial charge >= 0.3 is 5.97 Å². The largest absolute Gasteiger partial charge is 0.481 e. The number of aliphatic carboxylic acids is 1. The molecular weight excluding hydrogens is 245 g/mol. The summed E-state index contributed by atoms with van der Waals surface area (Å²) in [5.74, 6) is -1.31. The molecule has 0 bridgehead atoms. The summed E-state index contributed by atoms with van der Waals surface area (Å²) in [6.45, 7) is 1.64. The number of hydrogen-bond donors (Lipinski definition) is 1. The number of halogens is 1. The summed E-state index contributed by atoms with van der Waals surface area (Å²) in [4.78, 5) is 15.5. The summed E-state index contributed by atoms with van der Waals surface area (Å²) in [5, 5.41) is 9.51. The third kappa shape index (κ3) is 2.78. The molecule has 4 heteroatoms. The van der Waals surface area contributed by atoms with Gasteiger partial charge in [-0.25, -0.2) is 4.39 Å². The predicted octanol–water partition coefficient (Wildman–Crippen LogP) is 2.81. The van der Waals surface area contributed by atoms with E-state index in [1.165, 1.54) is 24.3 Å². The Bertz CT molecular complexity index is 568. The van der Waals surface area contributed by atoms with E-state index in [4.69, 9.17) is 0 Å². The minimum absolute atomic E-state index is 0.330. The van der Waals surface area contributed by atoms with Crippen LogP contribution in [-0.4, -0.2) is 16.1 Å². The molecule has 0 aliphatic carbocycles. The van der Waals surface area contributed by atoms with E-state index in [0.29, 0.717) is 12.0 Å². The van der Waals surface area contributed by atoms with Crippen LogP contribution in [0.5, 0.6) is 0 Å². The molecule has 0 spiro atoms. The van der Waals surface area contributed by atoms with E-state index in [1.54, 1.807) is 31.5 Å². The van der Waals surface area contributed by atoms with E-state index in [9.17, 15) is 14.3 Å². The lowest BCUT2D eigenvalue weighted by atomic mass is 9.77. The summed E-state index contributed by atoms with van der Waals surface area (Å²) in [6.07, 6.45) is 3.58. The van der Waals surface area contributed by atoms with E-state index in [0.717, 1.165) is 5.56 Å². The number of carboxylic acids is 1. The van der Waals surface area contributed by atoms with Crippen molar-refractivity contribution >= 4 is 5.97 Å².